The Morgan fingerprint density at radius 3 is 2.86 bits per heavy atom. The first-order chi connectivity index (χ1) is 10.0. The van der Waals surface area contributed by atoms with Gasteiger partial charge in [0, 0.05) is 11.4 Å². The van der Waals surface area contributed by atoms with E-state index in [2.05, 4.69) is 10.1 Å². The molecule has 21 heavy (non-hydrogen) atoms. The summed E-state index contributed by atoms with van der Waals surface area (Å²) in [6, 6.07) is 6.09. The van der Waals surface area contributed by atoms with Crippen LogP contribution in [0.5, 0.6) is 0 Å². The lowest BCUT2D eigenvalue weighted by molar-refractivity contribution is 0.424. The summed E-state index contributed by atoms with van der Waals surface area (Å²) in [5.74, 6) is 0.551. The number of nitrogens with two attached hydrogens (primary N) is 1. The van der Waals surface area contributed by atoms with Gasteiger partial charge in [-0.2, -0.15) is 4.98 Å². The number of aromatic nitrogens is 2. The number of nitrogen functional groups attached to an aromatic ring is 1. The number of halogens is 2. The Morgan fingerprint density at radius 2 is 2.19 bits per heavy atom. The van der Waals surface area contributed by atoms with E-state index in [1.165, 1.54) is 23.5 Å². The molecule has 0 spiro atoms. The fourth-order valence-electron chi connectivity index (χ4n) is 1.97. The van der Waals surface area contributed by atoms with Crippen molar-refractivity contribution in [3.8, 4) is 10.8 Å². The molecule has 7 heteroatoms. The molecule has 0 saturated carbocycles. The molecule has 2 N–H and O–H groups in total. The first-order valence-electron chi connectivity index (χ1n) is 6.15. The van der Waals surface area contributed by atoms with E-state index in [-0.39, 0.29) is 5.82 Å². The van der Waals surface area contributed by atoms with Gasteiger partial charge in [0.25, 0.3) is 5.89 Å². The van der Waals surface area contributed by atoms with Crippen molar-refractivity contribution in [2.45, 2.75) is 13.3 Å². The van der Waals surface area contributed by atoms with Crippen molar-refractivity contribution in [2.75, 3.05) is 5.73 Å². The van der Waals surface area contributed by atoms with E-state index in [0.717, 1.165) is 16.0 Å². The fourth-order valence-corrected chi connectivity index (χ4v) is 3.07. The Bertz CT molecular complexity index is 799. The maximum Gasteiger partial charge on any atom is 0.268 e. The highest BCUT2D eigenvalue weighted by molar-refractivity contribution is 7.19. The van der Waals surface area contributed by atoms with Gasteiger partial charge < -0.3 is 10.3 Å². The molecule has 0 aliphatic carbocycles. The molecule has 0 unspecified atom stereocenters. The number of aryl methyl sites for hydroxylation is 1. The fraction of sp³-hybridized carbons (Fsp3) is 0.143. The Labute approximate surface area is 129 Å². The molecular formula is C14H11ClFN3OS. The van der Waals surface area contributed by atoms with Crippen molar-refractivity contribution >= 4 is 27.9 Å². The second-order valence-electron chi connectivity index (χ2n) is 4.59. The van der Waals surface area contributed by atoms with Crippen LogP contribution in [0.4, 0.5) is 9.39 Å². The Hall–Kier alpha value is -1.92. The van der Waals surface area contributed by atoms with Gasteiger partial charge in [0.15, 0.2) is 5.82 Å². The van der Waals surface area contributed by atoms with Gasteiger partial charge in [0.05, 0.1) is 9.88 Å². The summed E-state index contributed by atoms with van der Waals surface area (Å²) in [5, 5.41) is 4.97. The van der Waals surface area contributed by atoms with Crippen molar-refractivity contribution in [1.82, 2.24) is 10.1 Å². The maximum absolute atomic E-state index is 13.0. The first kappa shape index (κ1) is 14.0. The standard InChI is InChI=1S/C14H11ClFN3OS/c1-7-4-11(17)21-13(7)14-18-12(19-20-14)5-8-2-3-9(16)6-10(8)15/h2-4,6H,5,17H2,1H3. The minimum atomic E-state index is -0.373. The third-order valence-corrected chi connectivity index (χ3v) is 4.37. The zero-order valence-corrected chi connectivity index (χ0v) is 12.6. The third kappa shape index (κ3) is 2.91. The molecule has 0 amide bonds. The van der Waals surface area contributed by atoms with Crippen LogP contribution in [0, 0.1) is 12.7 Å². The quantitative estimate of drug-likeness (QED) is 0.789. The summed E-state index contributed by atoms with van der Waals surface area (Å²) >= 11 is 7.39. The molecule has 0 saturated heterocycles. The van der Waals surface area contributed by atoms with Crippen molar-refractivity contribution < 1.29 is 8.91 Å². The van der Waals surface area contributed by atoms with Gasteiger partial charge in [-0.15, -0.1) is 11.3 Å². The number of benzene rings is 1. The van der Waals surface area contributed by atoms with Crippen LogP contribution in [0.3, 0.4) is 0 Å². The molecule has 0 radical (unpaired) electrons. The van der Waals surface area contributed by atoms with E-state index in [9.17, 15) is 4.39 Å². The molecule has 1 aromatic carbocycles. The summed E-state index contributed by atoms with van der Waals surface area (Å²) in [4.78, 5) is 5.20. The molecule has 3 aromatic rings. The van der Waals surface area contributed by atoms with Crippen molar-refractivity contribution in [2.24, 2.45) is 0 Å². The average molecular weight is 324 g/mol. The van der Waals surface area contributed by atoms with Gasteiger partial charge in [0.2, 0.25) is 0 Å². The normalized spacial score (nSPS) is 11.0. The molecule has 4 nitrogen and oxygen atoms in total. The molecule has 3 rings (SSSR count). The van der Waals surface area contributed by atoms with Gasteiger partial charge in [-0.3, -0.25) is 0 Å². The third-order valence-electron chi connectivity index (χ3n) is 2.96. The molecule has 0 atom stereocenters. The van der Waals surface area contributed by atoms with Crippen LogP contribution in [0.2, 0.25) is 5.02 Å². The summed E-state index contributed by atoms with van der Waals surface area (Å²) in [6.45, 7) is 1.93. The molecule has 2 heterocycles. The second-order valence-corrected chi connectivity index (χ2v) is 6.08. The molecule has 108 valence electrons. The summed E-state index contributed by atoms with van der Waals surface area (Å²) < 4.78 is 18.3. The zero-order valence-electron chi connectivity index (χ0n) is 11.1. The van der Waals surface area contributed by atoms with Crippen molar-refractivity contribution in [1.29, 1.82) is 0 Å². The Balaban J connectivity index is 1.87. The van der Waals surface area contributed by atoms with Crippen LogP contribution in [0.1, 0.15) is 17.0 Å². The maximum atomic E-state index is 13.0. The zero-order chi connectivity index (χ0) is 15.0. The molecule has 0 bridgehead atoms. The van der Waals surface area contributed by atoms with Crippen LogP contribution >= 0.6 is 22.9 Å². The van der Waals surface area contributed by atoms with Crippen LogP contribution in [-0.4, -0.2) is 10.1 Å². The topological polar surface area (TPSA) is 64.9 Å². The lowest BCUT2D eigenvalue weighted by Gasteiger charge is -2.00. The average Bonchev–Trinajstić information content (AvgIpc) is 2.99. The summed E-state index contributed by atoms with van der Waals surface area (Å²) in [7, 11) is 0. The van der Waals surface area contributed by atoms with E-state index < -0.39 is 0 Å². The molecular weight excluding hydrogens is 313 g/mol. The van der Waals surface area contributed by atoms with E-state index in [1.54, 1.807) is 6.07 Å². The highest BCUT2D eigenvalue weighted by atomic mass is 35.5. The lowest BCUT2D eigenvalue weighted by atomic mass is 10.1. The smallest absolute Gasteiger partial charge is 0.268 e. The largest absolute Gasteiger partial charge is 0.391 e. The van der Waals surface area contributed by atoms with E-state index in [4.69, 9.17) is 21.9 Å². The summed E-state index contributed by atoms with van der Waals surface area (Å²) in [6.07, 6.45) is 0.377. The number of anilines is 1. The van der Waals surface area contributed by atoms with Gasteiger partial charge in [-0.25, -0.2) is 4.39 Å². The number of rotatable bonds is 3. The Morgan fingerprint density at radius 1 is 1.38 bits per heavy atom. The second kappa shape index (κ2) is 5.46. The first-order valence-corrected chi connectivity index (χ1v) is 7.35. The highest BCUT2D eigenvalue weighted by Gasteiger charge is 2.15. The molecule has 2 aromatic heterocycles. The van der Waals surface area contributed by atoms with E-state index in [1.807, 2.05) is 13.0 Å². The minimum Gasteiger partial charge on any atom is -0.391 e. The van der Waals surface area contributed by atoms with E-state index >= 15 is 0 Å². The van der Waals surface area contributed by atoms with Crippen LogP contribution in [0.25, 0.3) is 10.8 Å². The molecule has 0 fully saturated rings. The van der Waals surface area contributed by atoms with Gasteiger partial charge in [0.1, 0.15) is 5.82 Å². The Kier molecular flexibility index (Phi) is 3.65. The van der Waals surface area contributed by atoms with E-state index in [0.29, 0.717) is 28.2 Å². The van der Waals surface area contributed by atoms with Crippen LogP contribution in [-0.2, 0) is 6.42 Å². The van der Waals surface area contributed by atoms with Crippen LogP contribution < -0.4 is 5.73 Å². The number of hydrogen-bond acceptors (Lipinski definition) is 5. The molecule has 0 aliphatic heterocycles. The number of thiophene rings is 1. The lowest BCUT2D eigenvalue weighted by Crippen LogP contribution is -1.92. The van der Waals surface area contributed by atoms with Gasteiger partial charge in [-0.1, -0.05) is 22.8 Å². The van der Waals surface area contributed by atoms with Gasteiger partial charge >= 0.3 is 0 Å². The molecule has 0 aliphatic rings. The predicted octanol–water partition coefficient (Wildman–Crippen LogP) is 4.07. The van der Waals surface area contributed by atoms with Crippen LogP contribution in [0.15, 0.2) is 28.8 Å². The predicted molar refractivity (Wildman–Crippen MR) is 81.0 cm³/mol. The number of nitrogens with zero attached hydrogens (tertiary/aromatic N) is 2. The summed E-state index contributed by atoms with van der Waals surface area (Å²) in [5.41, 5.74) is 7.49. The van der Waals surface area contributed by atoms with Crippen molar-refractivity contribution in [3.05, 3.63) is 52.1 Å². The van der Waals surface area contributed by atoms with Crippen molar-refractivity contribution in [3.63, 3.8) is 0 Å². The SMILES string of the molecule is Cc1cc(N)sc1-c1nc(Cc2ccc(F)cc2Cl)no1. The van der Waals surface area contributed by atoms with Gasteiger partial charge in [-0.05, 0) is 36.2 Å². The highest BCUT2D eigenvalue weighted by Crippen LogP contribution is 2.32. The monoisotopic (exact) mass is 323 g/mol. The number of hydrogen-bond donors (Lipinski definition) is 1. The minimum absolute atomic E-state index is 0.345.